The monoisotopic (exact) mass is 902 g/mol. The third kappa shape index (κ3) is 4.94. The highest BCUT2D eigenvalue weighted by Gasteiger charge is 2.54. The van der Waals surface area contributed by atoms with Crippen molar-refractivity contribution in [1.82, 2.24) is 4.57 Å². The fourth-order valence-corrected chi connectivity index (χ4v) is 18.8. The predicted octanol–water partition coefficient (Wildman–Crippen LogP) is 15.7. The quantitative estimate of drug-likeness (QED) is 0.164. The van der Waals surface area contributed by atoms with Crippen LogP contribution in [0.3, 0.4) is 0 Å². The number of aromatic nitrogens is 1. The first-order valence-electron chi connectivity index (χ1n) is 27.1. The minimum Gasteiger partial charge on any atom is -0.454 e. The van der Waals surface area contributed by atoms with Crippen molar-refractivity contribution in [3.8, 4) is 27.9 Å². The molecule has 338 valence electrons. The highest BCUT2D eigenvalue weighted by atomic mass is 16.3. The number of fused-ring (bicyclic) bond motifs is 13. The second-order valence-corrected chi connectivity index (χ2v) is 24.5. The lowest BCUT2D eigenvalue weighted by Crippen LogP contribution is -2.61. The maximum absolute atomic E-state index is 7.21. The van der Waals surface area contributed by atoms with Crippen LogP contribution in [0.2, 0.25) is 0 Å². The van der Waals surface area contributed by atoms with E-state index in [1.807, 2.05) is 0 Å². The van der Waals surface area contributed by atoms with Crippen LogP contribution in [-0.2, 0) is 10.8 Å². The van der Waals surface area contributed by atoms with Crippen LogP contribution in [0.4, 0.5) is 11.4 Å². The Morgan fingerprint density at radius 2 is 1.10 bits per heavy atom. The molecular weight excluding hydrogens is 848 g/mol. The van der Waals surface area contributed by atoms with Gasteiger partial charge in [0.05, 0.1) is 16.7 Å². The standard InChI is InChI=1S/C66H55BN2O/c1-2-8-44(9-3-1)45-14-17-49(18-15-45)69-63-53(20-19-52-51-12-6-7-13-59(51)70-64(52)63)60-50-11-5-4-10-46(50)28-58-61(60)67(69)56-31-48(66-35-41-25-42(36-66)27-43(26-41)37-66)30-55-54-29-47(16-21-57(54)68(58)62(55)56)65-32-38-22-39(33-65)24-40(23-38)34-65/h1-21,28-31,38-43H,22-27,32-37H2. The fraction of sp³-hybridized carbons (Fsp3) is 0.303. The summed E-state index contributed by atoms with van der Waals surface area (Å²) >= 11 is 0. The molecule has 0 spiro atoms. The smallest absolute Gasteiger partial charge is 0.333 e. The van der Waals surface area contributed by atoms with Gasteiger partial charge in [-0.3, -0.25) is 0 Å². The Bertz CT molecular complexity index is 3860. The first-order valence-corrected chi connectivity index (χ1v) is 27.1. The van der Waals surface area contributed by atoms with Crippen LogP contribution in [-0.4, -0.2) is 11.4 Å². The van der Waals surface area contributed by atoms with Crippen LogP contribution in [0, 0.1) is 35.5 Å². The molecule has 70 heavy (non-hydrogen) atoms. The minimum absolute atomic E-state index is 0.0840. The Hall–Kier alpha value is -6.52. The van der Waals surface area contributed by atoms with Crippen LogP contribution < -0.4 is 15.7 Å². The van der Waals surface area contributed by atoms with Gasteiger partial charge in [-0.05, 0) is 221 Å². The molecule has 4 heteroatoms. The Balaban J connectivity index is 0.975. The first-order chi connectivity index (χ1) is 34.5. The summed E-state index contributed by atoms with van der Waals surface area (Å²) in [5, 5.41) is 7.93. The van der Waals surface area contributed by atoms with Gasteiger partial charge in [0, 0.05) is 38.5 Å². The fourth-order valence-electron chi connectivity index (χ4n) is 18.8. The van der Waals surface area contributed by atoms with Crippen LogP contribution in [0.1, 0.15) is 88.2 Å². The Morgan fingerprint density at radius 1 is 0.486 bits per heavy atom. The number of nitrogens with zero attached hydrogens (tertiary/aromatic N) is 2. The highest BCUT2D eigenvalue weighted by molar-refractivity contribution is 6.94. The number of benzene rings is 8. The van der Waals surface area contributed by atoms with Crippen LogP contribution in [0.25, 0.3) is 82.5 Å². The lowest BCUT2D eigenvalue weighted by atomic mass is 9.42. The van der Waals surface area contributed by atoms with Crippen LogP contribution in [0.15, 0.2) is 156 Å². The lowest BCUT2D eigenvalue weighted by molar-refractivity contribution is -0.00526. The second kappa shape index (κ2) is 13.3. The number of anilines is 2. The Labute approximate surface area is 409 Å². The lowest BCUT2D eigenvalue weighted by Gasteiger charge is -2.57. The Morgan fingerprint density at radius 3 is 1.81 bits per heavy atom. The normalized spacial score (nSPS) is 28.5. The summed E-state index contributed by atoms with van der Waals surface area (Å²) in [5.41, 5.74) is 20.2. The Kier molecular flexibility index (Phi) is 7.25. The maximum Gasteiger partial charge on any atom is 0.333 e. The number of hydrogen-bond donors (Lipinski definition) is 0. The largest absolute Gasteiger partial charge is 0.454 e. The van der Waals surface area contributed by atoms with E-state index in [1.54, 1.807) is 11.1 Å². The molecule has 8 fully saturated rings. The zero-order valence-electron chi connectivity index (χ0n) is 39.8. The van der Waals surface area contributed by atoms with E-state index >= 15 is 0 Å². The molecule has 2 aromatic heterocycles. The zero-order valence-corrected chi connectivity index (χ0v) is 39.8. The van der Waals surface area contributed by atoms with Crippen molar-refractivity contribution in [2.45, 2.75) is 87.9 Å². The molecule has 0 unspecified atom stereocenters. The molecule has 0 atom stereocenters. The first kappa shape index (κ1) is 38.3. The number of para-hydroxylation sites is 1. The molecule has 2 aliphatic heterocycles. The van der Waals surface area contributed by atoms with Gasteiger partial charge in [-0.15, -0.1) is 0 Å². The van der Waals surface area contributed by atoms with Crippen molar-refractivity contribution in [2.75, 3.05) is 4.81 Å². The van der Waals surface area contributed by atoms with E-state index < -0.39 is 0 Å². The molecule has 0 amide bonds. The summed E-state index contributed by atoms with van der Waals surface area (Å²) in [4.78, 5) is 2.75. The summed E-state index contributed by atoms with van der Waals surface area (Å²) in [7, 11) is 0. The van der Waals surface area contributed by atoms with E-state index in [-0.39, 0.29) is 12.3 Å². The van der Waals surface area contributed by atoms with Gasteiger partial charge in [0.1, 0.15) is 5.58 Å². The van der Waals surface area contributed by atoms with E-state index in [4.69, 9.17) is 4.42 Å². The molecule has 10 aromatic rings. The van der Waals surface area contributed by atoms with Crippen molar-refractivity contribution in [3.63, 3.8) is 0 Å². The molecule has 0 saturated heterocycles. The topological polar surface area (TPSA) is 21.3 Å². The zero-order chi connectivity index (χ0) is 45.2. The average molecular weight is 903 g/mol. The van der Waals surface area contributed by atoms with Crippen LogP contribution >= 0.6 is 0 Å². The number of hydrogen-bond acceptors (Lipinski definition) is 2. The van der Waals surface area contributed by atoms with Crippen molar-refractivity contribution >= 4 is 83.7 Å². The van der Waals surface area contributed by atoms with Gasteiger partial charge >= 0.3 is 6.85 Å². The summed E-state index contributed by atoms with van der Waals surface area (Å²) in [6, 6.07) is 59.2. The van der Waals surface area contributed by atoms with Gasteiger partial charge in [-0.2, -0.15) is 0 Å². The van der Waals surface area contributed by atoms with E-state index in [9.17, 15) is 0 Å². The molecule has 3 nitrogen and oxygen atoms in total. The van der Waals surface area contributed by atoms with Crippen molar-refractivity contribution in [1.29, 1.82) is 0 Å². The van der Waals surface area contributed by atoms with E-state index in [1.165, 1.54) is 171 Å². The number of rotatable bonds is 4. The average Bonchev–Trinajstić information content (AvgIpc) is 3.93. The summed E-state index contributed by atoms with van der Waals surface area (Å²) in [5.74, 6) is 5.32. The van der Waals surface area contributed by atoms with Gasteiger partial charge in [0.25, 0.3) is 0 Å². The van der Waals surface area contributed by atoms with Gasteiger partial charge in [-0.1, -0.05) is 103 Å². The molecule has 0 N–H and O–H groups in total. The molecule has 10 aliphatic rings. The SMILES string of the molecule is c1ccc(-c2ccc(N3B4c5c(cc6ccccc6c5-c5ccc6c(oc7ccccc76)c53)-n3c5ccc(C67CC8CC(CC(C8)C6)C7)cc5c5cc(C67CC8CC(CC(C8)C6)C7)cc4c53)cc2)cc1. The van der Waals surface area contributed by atoms with E-state index in [0.717, 1.165) is 46.7 Å². The third-order valence-corrected chi connectivity index (χ3v) is 20.6. The maximum atomic E-state index is 7.21. The van der Waals surface area contributed by atoms with Gasteiger partial charge in [0.15, 0.2) is 5.58 Å². The van der Waals surface area contributed by atoms with Gasteiger partial charge < -0.3 is 13.8 Å². The van der Waals surface area contributed by atoms with Crippen molar-refractivity contribution in [3.05, 3.63) is 163 Å². The van der Waals surface area contributed by atoms with Crippen molar-refractivity contribution in [2.24, 2.45) is 35.5 Å². The van der Waals surface area contributed by atoms with Crippen LogP contribution in [0.5, 0.6) is 0 Å². The summed E-state index contributed by atoms with van der Waals surface area (Å²) < 4.78 is 9.97. The molecular formula is C66H55BN2O. The third-order valence-electron chi connectivity index (χ3n) is 20.6. The predicted molar refractivity (Wildman–Crippen MR) is 290 cm³/mol. The second-order valence-electron chi connectivity index (χ2n) is 24.5. The highest BCUT2D eigenvalue weighted by Crippen LogP contribution is 2.63. The molecule has 0 radical (unpaired) electrons. The summed E-state index contributed by atoms with van der Waals surface area (Å²) in [6.07, 6.45) is 17.0. The van der Waals surface area contributed by atoms with E-state index in [0.29, 0.717) is 5.41 Å². The van der Waals surface area contributed by atoms with Gasteiger partial charge in [0.2, 0.25) is 0 Å². The molecule has 8 saturated carbocycles. The molecule has 20 rings (SSSR count). The van der Waals surface area contributed by atoms with Gasteiger partial charge in [-0.25, -0.2) is 0 Å². The number of furan rings is 1. The molecule has 8 aromatic carbocycles. The molecule has 8 bridgehead atoms. The van der Waals surface area contributed by atoms with Crippen molar-refractivity contribution < 1.29 is 4.42 Å². The van der Waals surface area contributed by atoms with E-state index in [2.05, 4.69) is 161 Å². The molecule has 4 heterocycles. The minimum atomic E-state index is -0.0840. The molecule has 8 aliphatic carbocycles. The summed E-state index contributed by atoms with van der Waals surface area (Å²) in [6.45, 7) is -0.0840.